The average Bonchev–Trinajstić information content (AvgIpc) is 1.83. The van der Waals surface area contributed by atoms with Crippen molar-refractivity contribution >= 4 is 28.1 Å². The van der Waals surface area contributed by atoms with Crippen LogP contribution in [-0.2, 0) is 15.1 Å². The SMILES string of the molecule is O=S(=O)(O)O.[Li][CH](C)OCCCC. The van der Waals surface area contributed by atoms with E-state index < -0.39 is 10.4 Å². The molecule has 0 aliphatic rings. The van der Waals surface area contributed by atoms with Gasteiger partial charge in [0.25, 0.3) is 0 Å². The van der Waals surface area contributed by atoms with E-state index in [-0.39, 0.29) is 0 Å². The summed E-state index contributed by atoms with van der Waals surface area (Å²) in [5.41, 5.74) is 0. The molecular formula is C6H15LiO5S. The van der Waals surface area contributed by atoms with E-state index in [1.165, 1.54) is 12.8 Å². The van der Waals surface area contributed by atoms with Gasteiger partial charge in [0.1, 0.15) is 0 Å². The van der Waals surface area contributed by atoms with E-state index in [1.807, 2.05) is 0 Å². The van der Waals surface area contributed by atoms with Gasteiger partial charge in [-0.15, -0.1) is 0 Å². The molecule has 13 heavy (non-hydrogen) atoms. The zero-order chi connectivity index (χ0) is 10.9. The van der Waals surface area contributed by atoms with Crippen LogP contribution in [0.1, 0.15) is 26.7 Å². The van der Waals surface area contributed by atoms with Crippen LogP contribution in [0.4, 0.5) is 0 Å². The summed E-state index contributed by atoms with van der Waals surface area (Å²) in [6, 6.07) is 0. The van der Waals surface area contributed by atoms with E-state index >= 15 is 0 Å². The Balaban J connectivity index is 0. The van der Waals surface area contributed by atoms with Crippen LogP contribution in [0, 0.1) is 0 Å². The minimum atomic E-state index is -4.67. The van der Waals surface area contributed by atoms with E-state index in [1.54, 1.807) is 0 Å². The van der Waals surface area contributed by atoms with Gasteiger partial charge in [-0.1, -0.05) is 0 Å². The van der Waals surface area contributed by atoms with Crippen LogP contribution in [0.2, 0.25) is 0 Å². The number of rotatable bonds is 4. The van der Waals surface area contributed by atoms with E-state index in [0.29, 0.717) is 4.78 Å². The maximum absolute atomic E-state index is 8.74. The first-order valence-electron chi connectivity index (χ1n) is 4.08. The zero-order valence-corrected chi connectivity index (χ0v) is 9.04. The molecule has 0 bridgehead atoms. The molecule has 2 N–H and O–H groups in total. The van der Waals surface area contributed by atoms with Crippen molar-refractivity contribution in [2.75, 3.05) is 6.61 Å². The van der Waals surface area contributed by atoms with Gasteiger partial charge in [-0.3, -0.25) is 9.11 Å². The second-order valence-corrected chi connectivity index (χ2v) is 3.62. The quantitative estimate of drug-likeness (QED) is 0.401. The molecule has 76 valence electrons. The first-order valence-corrected chi connectivity index (χ1v) is 5.48. The van der Waals surface area contributed by atoms with Crippen LogP contribution in [0.15, 0.2) is 0 Å². The number of unbranched alkanes of at least 4 members (excludes halogenated alkanes) is 1. The molecule has 0 radical (unpaired) electrons. The van der Waals surface area contributed by atoms with Crippen molar-refractivity contribution in [1.82, 2.24) is 0 Å². The summed E-state index contributed by atoms with van der Waals surface area (Å²) in [5, 5.41) is 0. The third-order valence-electron chi connectivity index (χ3n) is 0.949. The molecular weight excluding hydrogens is 191 g/mol. The molecule has 0 saturated heterocycles. The third kappa shape index (κ3) is 45.9. The Kier molecular flexibility index (Phi) is 11.0. The summed E-state index contributed by atoms with van der Waals surface area (Å²) < 4.78 is 37.3. The molecule has 0 saturated carbocycles. The van der Waals surface area contributed by atoms with Gasteiger partial charge in [-0.25, -0.2) is 0 Å². The summed E-state index contributed by atoms with van der Waals surface area (Å²) in [7, 11) is -4.67. The first kappa shape index (κ1) is 15.9. The van der Waals surface area contributed by atoms with Gasteiger partial charge >= 0.3 is 70.9 Å². The summed E-state index contributed by atoms with van der Waals surface area (Å²) in [4.78, 5) is 0. The van der Waals surface area contributed by atoms with Crippen LogP contribution in [0.3, 0.4) is 0 Å². The van der Waals surface area contributed by atoms with Crippen LogP contribution in [0.5, 0.6) is 0 Å². The fourth-order valence-corrected chi connectivity index (χ4v) is 0.463. The fraction of sp³-hybridized carbons (Fsp3) is 1.00. The summed E-state index contributed by atoms with van der Waals surface area (Å²) >= 11 is 2.07. The molecule has 0 amide bonds. The van der Waals surface area contributed by atoms with Crippen molar-refractivity contribution in [3.63, 3.8) is 0 Å². The minimum absolute atomic E-state index is 0.404. The van der Waals surface area contributed by atoms with Crippen molar-refractivity contribution in [1.29, 1.82) is 0 Å². The van der Waals surface area contributed by atoms with Crippen molar-refractivity contribution in [3.05, 3.63) is 0 Å². The molecule has 7 heteroatoms. The summed E-state index contributed by atoms with van der Waals surface area (Å²) in [6.07, 6.45) is 2.42. The Hall–Kier alpha value is 0.427. The van der Waals surface area contributed by atoms with E-state index in [9.17, 15) is 0 Å². The topological polar surface area (TPSA) is 83.8 Å². The van der Waals surface area contributed by atoms with Gasteiger partial charge in [0.2, 0.25) is 0 Å². The maximum atomic E-state index is 8.74. The monoisotopic (exact) mass is 206 g/mol. The van der Waals surface area contributed by atoms with Gasteiger partial charge in [-0.2, -0.15) is 8.42 Å². The van der Waals surface area contributed by atoms with E-state index in [2.05, 4.69) is 31.6 Å². The Labute approximate surface area is 88.6 Å². The standard InChI is InChI=1S/C6H13O.Li.H2O4S/c1-3-5-6-7-4-2;;1-5(2,3)4/h4H,3,5-6H2,1-2H3;;(H2,1,2,3,4). The predicted octanol–water partition coefficient (Wildman–Crippen LogP) is 0.665. The van der Waals surface area contributed by atoms with Gasteiger partial charge in [0.05, 0.1) is 0 Å². The average molecular weight is 206 g/mol. The molecule has 0 aliphatic heterocycles. The molecule has 0 aromatic rings. The molecule has 0 aromatic carbocycles. The summed E-state index contributed by atoms with van der Waals surface area (Å²) in [5.74, 6) is 0. The Morgan fingerprint density at radius 3 is 2.08 bits per heavy atom. The Morgan fingerprint density at radius 2 is 1.85 bits per heavy atom. The molecule has 5 nitrogen and oxygen atoms in total. The molecule has 1 unspecified atom stereocenters. The normalized spacial score (nSPS) is 13.1. The molecule has 0 aliphatic carbocycles. The Bertz CT molecular complexity index is 181. The number of ether oxygens (including phenoxy) is 1. The van der Waals surface area contributed by atoms with Crippen LogP contribution in [0.25, 0.3) is 0 Å². The number of hydrogen-bond donors (Lipinski definition) is 2. The fourth-order valence-electron chi connectivity index (χ4n) is 0.463. The molecule has 1 atom stereocenters. The second kappa shape index (κ2) is 9.00. The van der Waals surface area contributed by atoms with Gasteiger partial charge in [0.15, 0.2) is 0 Å². The van der Waals surface area contributed by atoms with E-state index in [0.717, 1.165) is 6.61 Å². The van der Waals surface area contributed by atoms with E-state index in [4.69, 9.17) is 22.3 Å². The van der Waals surface area contributed by atoms with Crippen molar-refractivity contribution in [3.8, 4) is 0 Å². The van der Waals surface area contributed by atoms with Gasteiger partial charge < -0.3 is 0 Å². The molecule has 0 spiro atoms. The first-order chi connectivity index (χ1) is 5.77. The number of hydrogen-bond acceptors (Lipinski definition) is 3. The molecule has 0 rings (SSSR count). The molecule has 0 aromatic heterocycles. The predicted molar refractivity (Wildman–Crippen MR) is 50.3 cm³/mol. The van der Waals surface area contributed by atoms with Crippen molar-refractivity contribution in [2.45, 2.75) is 31.5 Å². The van der Waals surface area contributed by atoms with Crippen LogP contribution < -0.4 is 0 Å². The molecule has 0 fully saturated rings. The van der Waals surface area contributed by atoms with Crippen molar-refractivity contribution < 1.29 is 22.3 Å². The van der Waals surface area contributed by atoms with Crippen molar-refractivity contribution in [2.24, 2.45) is 0 Å². The molecule has 0 heterocycles. The third-order valence-corrected chi connectivity index (χ3v) is 0.949. The van der Waals surface area contributed by atoms with Crippen LogP contribution >= 0.6 is 0 Å². The van der Waals surface area contributed by atoms with Crippen LogP contribution in [-0.4, -0.2) is 46.6 Å². The summed E-state index contributed by atoms with van der Waals surface area (Å²) in [6.45, 7) is 5.16. The second-order valence-electron chi connectivity index (χ2n) is 2.72. The van der Waals surface area contributed by atoms with Gasteiger partial charge in [0, 0.05) is 0 Å². The Morgan fingerprint density at radius 1 is 1.46 bits per heavy atom. The zero-order valence-electron chi connectivity index (χ0n) is 8.23. The van der Waals surface area contributed by atoms with Gasteiger partial charge in [-0.05, 0) is 0 Å².